The minimum atomic E-state index is -0.543. The Hall–Kier alpha value is -0.120. The Morgan fingerprint density at radius 3 is 1.71 bits per heavy atom. The van der Waals surface area contributed by atoms with Gasteiger partial charge in [-0.1, -0.05) is 25.7 Å². The lowest BCUT2D eigenvalue weighted by molar-refractivity contribution is -0.112. The minimum Gasteiger partial charge on any atom is -0.379 e. The summed E-state index contributed by atoms with van der Waals surface area (Å²) < 4.78 is 0. The average molecular weight is 201 g/mol. The summed E-state index contributed by atoms with van der Waals surface area (Å²) in [6.07, 6.45) is 6.16. The molecule has 1 aliphatic carbocycles. The van der Waals surface area contributed by atoms with Crippen LogP contribution in [0.4, 0.5) is 0 Å². The minimum absolute atomic E-state index is 0.359. The van der Waals surface area contributed by atoms with Crippen molar-refractivity contribution in [3.05, 3.63) is 0 Å². The van der Waals surface area contributed by atoms with Crippen molar-refractivity contribution in [3.63, 3.8) is 0 Å². The molecule has 14 heavy (non-hydrogen) atoms. The molecule has 0 saturated heterocycles. The van der Waals surface area contributed by atoms with Gasteiger partial charge in [0, 0.05) is 6.04 Å². The molecule has 1 aliphatic rings. The maximum absolute atomic E-state index is 9.59. The Kier molecular flexibility index (Phi) is 4.85. The van der Waals surface area contributed by atoms with E-state index in [0.29, 0.717) is 6.04 Å². The van der Waals surface area contributed by atoms with Crippen LogP contribution in [-0.4, -0.2) is 33.6 Å². The van der Waals surface area contributed by atoms with Gasteiger partial charge in [-0.15, -0.1) is 0 Å². The SMILES string of the molecule is CC(O)N(C(C)O)C1CCCCCC1. The van der Waals surface area contributed by atoms with Crippen LogP contribution >= 0.6 is 0 Å². The molecule has 0 aromatic carbocycles. The first-order chi connectivity index (χ1) is 6.63. The van der Waals surface area contributed by atoms with Gasteiger partial charge in [0.15, 0.2) is 0 Å². The van der Waals surface area contributed by atoms with E-state index in [2.05, 4.69) is 0 Å². The molecule has 2 unspecified atom stereocenters. The molecule has 0 radical (unpaired) electrons. The molecular formula is C11H23NO2. The molecule has 3 heteroatoms. The summed E-state index contributed by atoms with van der Waals surface area (Å²) in [5.74, 6) is 0. The predicted octanol–water partition coefficient (Wildman–Crippen LogP) is 1.69. The van der Waals surface area contributed by atoms with Crippen LogP contribution in [-0.2, 0) is 0 Å². The molecule has 1 fully saturated rings. The van der Waals surface area contributed by atoms with Gasteiger partial charge < -0.3 is 10.2 Å². The summed E-state index contributed by atoms with van der Waals surface area (Å²) in [5, 5.41) is 19.2. The second kappa shape index (κ2) is 5.69. The standard InChI is InChI=1S/C11H23NO2/c1-9(13)12(10(2)14)11-7-5-3-4-6-8-11/h9-11,13-14H,3-8H2,1-2H3. The molecule has 0 heterocycles. The van der Waals surface area contributed by atoms with E-state index >= 15 is 0 Å². The normalized spacial score (nSPS) is 24.6. The van der Waals surface area contributed by atoms with Gasteiger partial charge in [-0.2, -0.15) is 0 Å². The number of aliphatic hydroxyl groups excluding tert-OH is 2. The lowest BCUT2D eigenvalue weighted by atomic mass is 10.1. The monoisotopic (exact) mass is 201 g/mol. The Labute approximate surface area is 86.7 Å². The summed E-state index contributed by atoms with van der Waals surface area (Å²) in [5.41, 5.74) is 0. The highest BCUT2D eigenvalue weighted by Crippen LogP contribution is 2.24. The Balaban J connectivity index is 2.56. The molecule has 1 saturated carbocycles. The van der Waals surface area contributed by atoms with E-state index in [-0.39, 0.29) is 0 Å². The van der Waals surface area contributed by atoms with Crippen molar-refractivity contribution in [3.8, 4) is 0 Å². The summed E-state index contributed by atoms with van der Waals surface area (Å²) in [7, 11) is 0. The van der Waals surface area contributed by atoms with Gasteiger partial charge in [-0.05, 0) is 26.7 Å². The molecule has 0 spiro atoms. The highest BCUT2D eigenvalue weighted by atomic mass is 16.3. The van der Waals surface area contributed by atoms with E-state index in [0.717, 1.165) is 12.8 Å². The fourth-order valence-corrected chi connectivity index (χ4v) is 2.48. The zero-order valence-corrected chi connectivity index (χ0v) is 9.32. The second-order valence-electron chi connectivity index (χ2n) is 4.36. The summed E-state index contributed by atoms with van der Waals surface area (Å²) in [4.78, 5) is 1.82. The van der Waals surface area contributed by atoms with Gasteiger partial charge >= 0.3 is 0 Å². The van der Waals surface area contributed by atoms with Crippen LogP contribution in [0, 0.1) is 0 Å². The van der Waals surface area contributed by atoms with Crippen LogP contribution < -0.4 is 0 Å². The van der Waals surface area contributed by atoms with Crippen molar-refractivity contribution in [2.24, 2.45) is 0 Å². The van der Waals surface area contributed by atoms with Gasteiger partial charge in [0.25, 0.3) is 0 Å². The van der Waals surface area contributed by atoms with E-state index < -0.39 is 12.5 Å². The zero-order valence-electron chi connectivity index (χ0n) is 9.32. The number of hydrogen-bond donors (Lipinski definition) is 2. The molecule has 0 aromatic heterocycles. The van der Waals surface area contributed by atoms with Crippen LogP contribution in [0.15, 0.2) is 0 Å². The van der Waals surface area contributed by atoms with Crippen molar-refractivity contribution >= 4 is 0 Å². The fraction of sp³-hybridized carbons (Fsp3) is 1.00. The second-order valence-corrected chi connectivity index (χ2v) is 4.36. The predicted molar refractivity (Wildman–Crippen MR) is 56.7 cm³/mol. The van der Waals surface area contributed by atoms with Gasteiger partial charge in [-0.3, -0.25) is 4.90 Å². The van der Waals surface area contributed by atoms with Crippen molar-refractivity contribution < 1.29 is 10.2 Å². The molecule has 1 rings (SSSR count). The molecular weight excluding hydrogens is 178 g/mol. The lowest BCUT2D eigenvalue weighted by Gasteiger charge is -2.35. The first kappa shape index (κ1) is 12.0. The number of rotatable bonds is 3. The molecule has 0 aliphatic heterocycles. The van der Waals surface area contributed by atoms with E-state index in [9.17, 15) is 10.2 Å². The fourth-order valence-electron chi connectivity index (χ4n) is 2.48. The Morgan fingerprint density at radius 2 is 1.36 bits per heavy atom. The maximum atomic E-state index is 9.59. The third kappa shape index (κ3) is 3.23. The van der Waals surface area contributed by atoms with E-state index in [1.165, 1.54) is 25.7 Å². The molecule has 0 aromatic rings. The highest BCUT2D eigenvalue weighted by molar-refractivity contribution is 4.75. The smallest absolute Gasteiger partial charge is 0.106 e. The van der Waals surface area contributed by atoms with E-state index in [1.807, 2.05) is 4.90 Å². The van der Waals surface area contributed by atoms with Crippen LogP contribution in [0.3, 0.4) is 0 Å². The maximum Gasteiger partial charge on any atom is 0.106 e. The molecule has 0 amide bonds. The van der Waals surface area contributed by atoms with Crippen molar-refractivity contribution in [1.82, 2.24) is 4.90 Å². The number of nitrogens with zero attached hydrogens (tertiary/aromatic N) is 1. The van der Waals surface area contributed by atoms with Crippen LogP contribution in [0.25, 0.3) is 0 Å². The van der Waals surface area contributed by atoms with Crippen molar-refractivity contribution in [2.75, 3.05) is 0 Å². The van der Waals surface area contributed by atoms with Crippen molar-refractivity contribution in [2.45, 2.75) is 70.9 Å². The largest absolute Gasteiger partial charge is 0.379 e. The molecule has 3 nitrogen and oxygen atoms in total. The van der Waals surface area contributed by atoms with Gasteiger partial charge in [-0.25, -0.2) is 0 Å². The summed E-state index contributed by atoms with van der Waals surface area (Å²) in [6.45, 7) is 3.47. The van der Waals surface area contributed by atoms with E-state index in [1.54, 1.807) is 13.8 Å². The Morgan fingerprint density at radius 1 is 0.929 bits per heavy atom. The molecule has 2 N–H and O–H groups in total. The highest BCUT2D eigenvalue weighted by Gasteiger charge is 2.26. The van der Waals surface area contributed by atoms with Crippen LogP contribution in [0.1, 0.15) is 52.4 Å². The third-order valence-corrected chi connectivity index (χ3v) is 3.11. The average Bonchev–Trinajstić information content (AvgIpc) is 2.31. The van der Waals surface area contributed by atoms with Gasteiger partial charge in [0.2, 0.25) is 0 Å². The van der Waals surface area contributed by atoms with Gasteiger partial charge in [0.1, 0.15) is 12.5 Å². The van der Waals surface area contributed by atoms with E-state index in [4.69, 9.17) is 0 Å². The first-order valence-electron chi connectivity index (χ1n) is 5.76. The lowest BCUT2D eigenvalue weighted by Crippen LogP contribution is -2.47. The van der Waals surface area contributed by atoms with Gasteiger partial charge in [0.05, 0.1) is 0 Å². The first-order valence-corrected chi connectivity index (χ1v) is 5.76. The molecule has 0 bridgehead atoms. The zero-order chi connectivity index (χ0) is 10.6. The van der Waals surface area contributed by atoms with Crippen LogP contribution in [0.5, 0.6) is 0 Å². The van der Waals surface area contributed by atoms with Crippen LogP contribution in [0.2, 0.25) is 0 Å². The van der Waals surface area contributed by atoms with Crippen molar-refractivity contribution in [1.29, 1.82) is 0 Å². The Bertz CT molecular complexity index is 143. The molecule has 2 atom stereocenters. The molecule has 84 valence electrons. The summed E-state index contributed by atoms with van der Waals surface area (Å²) in [6, 6.07) is 0.359. The summed E-state index contributed by atoms with van der Waals surface area (Å²) >= 11 is 0. The third-order valence-electron chi connectivity index (χ3n) is 3.11. The number of hydrogen-bond acceptors (Lipinski definition) is 3. The quantitative estimate of drug-likeness (QED) is 0.539. The topological polar surface area (TPSA) is 43.7 Å². The number of aliphatic hydroxyl groups is 2.